The van der Waals surface area contributed by atoms with Crippen LogP contribution in [-0.4, -0.2) is 35.8 Å². The Morgan fingerprint density at radius 1 is 0.933 bits per heavy atom. The zero-order valence-electron chi connectivity index (χ0n) is 16.7. The van der Waals surface area contributed by atoms with E-state index in [1.165, 1.54) is 11.1 Å². The molecule has 0 fully saturated rings. The molecule has 0 saturated carbocycles. The number of rotatable bonds is 5. The van der Waals surface area contributed by atoms with Crippen molar-refractivity contribution in [3.05, 3.63) is 84.2 Å². The maximum atomic E-state index is 11.9. The van der Waals surface area contributed by atoms with Gasteiger partial charge < -0.3 is 19.2 Å². The molecule has 1 aromatic heterocycles. The fourth-order valence-corrected chi connectivity index (χ4v) is 2.90. The molecule has 1 atom stereocenters. The van der Waals surface area contributed by atoms with Gasteiger partial charge in [-0.05, 0) is 42.0 Å². The smallest absolute Gasteiger partial charge is 0.271 e. The van der Waals surface area contributed by atoms with E-state index >= 15 is 0 Å². The Morgan fingerprint density at radius 3 is 2.30 bits per heavy atom. The number of para-hydroxylation sites is 1. The summed E-state index contributed by atoms with van der Waals surface area (Å²) in [5.74, 6) is 2.33. The second-order valence-corrected chi connectivity index (χ2v) is 6.95. The van der Waals surface area contributed by atoms with Gasteiger partial charge in [0.1, 0.15) is 22.9 Å². The lowest BCUT2D eigenvalue weighted by molar-refractivity contribution is 0.0821. The molecule has 0 spiro atoms. The Labute approximate surface area is 174 Å². The van der Waals surface area contributed by atoms with Crippen molar-refractivity contribution in [3.63, 3.8) is 0 Å². The molecule has 30 heavy (non-hydrogen) atoms. The van der Waals surface area contributed by atoms with E-state index in [-0.39, 0.29) is 12.0 Å². The Hall–Kier alpha value is -3.87. The summed E-state index contributed by atoms with van der Waals surface area (Å²) in [6.07, 6.45) is 1.77. The zero-order valence-corrected chi connectivity index (χ0v) is 16.7. The van der Waals surface area contributed by atoms with Gasteiger partial charge in [0.15, 0.2) is 6.10 Å². The SMILES string of the molecule is CN(C)C(=O)c1ccc(OC2=NO[C@H](c3ccc(Oc4ccccc4)cc3)C2)cn1. The summed E-state index contributed by atoms with van der Waals surface area (Å²) in [6.45, 7) is 0. The molecule has 0 radical (unpaired) electrons. The molecule has 0 aliphatic carbocycles. The Balaban J connectivity index is 1.33. The lowest BCUT2D eigenvalue weighted by atomic mass is 10.1. The molecule has 1 aliphatic heterocycles. The summed E-state index contributed by atoms with van der Waals surface area (Å²) in [4.78, 5) is 23.0. The van der Waals surface area contributed by atoms with Crippen LogP contribution in [0, 0.1) is 0 Å². The molecular formula is C23H21N3O4. The third kappa shape index (κ3) is 4.57. The number of carbonyl (C=O) groups excluding carboxylic acids is 1. The summed E-state index contributed by atoms with van der Waals surface area (Å²) in [5.41, 5.74) is 1.33. The van der Waals surface area contributed by atoms with Gasteiger partial charge in [0.25, 0.3) is 5.91 Å². The largest absolute Gasteiger partial charge is 0.457 e. The van der Waals surface area contributed by atoms with Gasteiger partial charge in [-0.2, -0.15) is 0 Å². The molecule has 3 aromatic rings. The van der Waals surface area contributed by atoms with Crippen molar-refractivity contribution in [2.75, 3.05) is 14.1 Å². The number of benzene rings is 2. The number of hydrogen-bond donors (Lipinski definition) is 0. The van der Waals surface area contributed by atoms with Crippen LogP contribution in [0.5, 0.6) is 17.2 Å². The predicted molar refractivity (Wildman–Crippen MR) is 112 cm³/mol. The highest BCUT2D eigenvalue weighted by atomic mass is 16.7. The highest BCUT2D eigenvalue weighted by molar-refractivity contribution is 5.92. The van der Waals surface area contributed by atoms with Crippen LogP contribution in [0.15, 0.2) is 78.1 Å². The zero-order chi connectivity index (χ0) is 20.9. The Morgan fingerprint density at radius 2 is 1.63 bits per heavy atom. The normalized spacial score (nSPS) is 15.1. The van der Waals surface area contributed by atoms with Crippen LogP contribution in [0.1, 0.15) is 28.6 Å². The van der Waals surface area contributed by atoms with Gasteiger partial charge in [0, 0.05) is 14.1 Å². The van der Waals surface area contributed by atoms with Gasteiger partial charge in [-0.25, -0.2) is 4.98 Å². The number of carbonyl (C=O) groups is 1. The standard InChI is InChI=1S/C23H21N3O4/c1-26(2)23(27)20-13-12-19(15-24-20)29-22-14-21(30-25-22)16-8-10-18(11-9-16)28-17-6-4-3-5-7-17/h3-13,15,21H,14H2,1-2H3/t21-/m0/s1. The number of oxime groups is 1. The molecule has 2 heterocycles. The van der Waals surface area contributed by atoms with E-state index in [1.54, 1.807) is 26.2 Å². The van der Waals surface area contributed by atoms with Crippen molar-refractivity contribution in [2.45, 2.75) is 12.5 Å². The summed E-state index contributed by atoms with van der Waals surface area (Å²) in [6, 6.07) is 20.6. The van der Waals surface area contributed by atoms with E-state index in [2.05, 4.69) is 10.1 Å². The molecule has 4 rings (SSSR count). The first-order valence-electron chi connectivity index (χ1n) is 9.49. The maximum absolute atomic E-state index is 11.9. The van der Waals surface area contributed by atoms with Crippen molar-refractivity contribution < 1.29 is 19.1 Å². The van der Waals surface area contributed by atoms with Crippen LogP contribution in [-0.2, 0) is 4.84 Å². The number of pyridine rings is 1. The Kier molecular flexibility index (Phi) is 5.61. The van der Waals surface area contributed by atoms with E-state index in [0.717, 1.165) is 17.1 Å². The minimum absolute atomic E-state index is 0.164. The molecule has 1 amide bonds. The summed E-state index contributed by atoms with van der Waals surface area (Å²) >= 11 is 0. The molecule has 0 unspecified atom stereocenters. The van der Waals surface area contributed by atoms with Crippen LogP contribution < -0.4 is 9.47 Å². The fraction of sp³-hybridized carbons (Fsp3) is 0.174. The van der Waals surface area contributed by atoms with E-state index in [0.29, 0.717) is 23.8 Å². The highest BCUT2D eigenvalue weighted by Crippen LogP contribution is 2.30. The van der Waals surface area contributed by atoms with Crippen LogP contribution in [0.25, 0.3) is 0 Å². The molecule has 0 bridgehead atoms. The van der Waals surface area contributed by atoms with Gasteiger partial charge in [-0.3, -0.25) is 4.79 Å². The minimum Gasteiger partial charge on any atom is -0.457 e. The number of nitrogens with zero attached hydrogens (tertiary/aromatic N) is 3. The second kappa shape index (κ2) is 8.65. The van der Waals surface area contributed by atoms with E-state index in [4.69, 9.17) is 14.3 Å². The average molecular weight is 403 g/mol. The van der Waals surface area contributed by atoms with Crippen LogP contribution in [0.3, 0.4) is 0 Å². The van der Waals surface area contributed by atoms with Crippen LogP contribution in [0.4, 0.5) is 0 Å². The molecular weight excluding hydrogens is 382 g/mol. The number of hydrogen-bond acceptors (Lipinski definition) is 6. The molecule has 0 saturated heterocycles. The lowest BCUT2D eigenvalue weighted by Gasteiger charge is -2.10. The van der Waals surface area contributed by atoms with E-state index in [9.17, 15) is 4.79 Å². The monoisotopic (exact) mass is 403 g/mol. The van der Waals surface area contributed by atoms with Crippen molar-refractivity contribution in [3.8, 4) is 17.2 Å². The number of ether oxygens (including phenoxy) is 2. The molecule has 7 heteroatoms. The molecule has 0 N–H and O–H groups in total. The van der Waals surface area contributed by atoms with Gasteiger partial charge in [-0.1, -0.05) is 35.5 Å². The predicted octanol–water partition coefficient (Wildman–Crippen LogP) is 4.43. The van der Waals surface area contributed by atoms with Gasteiger partial charge in [0.05, 0.1) is 12.6 Å². The third-order valence-corrected chi connectivity index (χ3v) is 4.47. The summed E-state index contributed by atoms with van der Waals surface area (Å²) < 4.78 is 11.5. The quantitative estimate of drug-likeness (QED) is 0.630. The van der Waals surface area contributed by atoms with Gasteiger partial charge >= 0.3 is 0 Å². The molecule has 7 nitrogen and oxygen atoms in total. The van der Waals surface area contributed by atoms with Crippen molar-refractivity contribution >= 4 is 11.8 Å². The first-order chi connectivity index (χ1) is 14.6. The molecule has 1 aliphatic rings. The molecule has 2 aromatic carbocycles. The number of amides is 1. The van der Waals surface area contributed by atoms with Crippen molar-refractivity contribution in [2.24, 2.45) is 5.16 Å². The van der Waals surface area contributed by atoms with E-state index in [1.807, 2.05) is 54.6 Å². The van der Waals surface area contributed by atoms with Gasteiger partial charge in [-0.15, -0.1) is 0 Å². The minimum atomic E-state index is -0.228. The van der Waals surface area contributed by atoms with Crippen molar-refractivity contribution in [1.29, 1.82) is 0 Å². The topological polar surface area (TPSA) is 73.3 Å². The molecule has 152 valence electrons. The summed E-state index contributed by atoms with van der Waals surface area (Å²) in [7, 11) is 3.36. The average Bonchev–Trinajstić information content (AvgIpc) is 3.23. The Bertz CT molecular complexity index is 1030. The van der Waals surface area contributed by atoms with E-state index < -0.39 is 0 Å². The van der Waals surface area contributed by atoms with Crippen LogP contribution in [0.2, 0.25) is 0 Å². The second-order valence-electron chi connectivity index (χ2n) is 6.95. The fourth-order valence-electron chi connectivity index (χ4n) is 2.90. The van der Waals surface area contributed by atoms with Crippen LogP contribution >= 0.6 is 0 Å². The first-order valence-corrected chi connectivity index (χ1v) is 9.49. The maximum Gasteiger partial charge on any atom is 0.271 e. The third-order valence-electron chi connectivity index (χ3n) is 4.47. The highest BCUT2D eigenvalue weighted by Gasteiger charge is 2.25. The lowest BCUT2D eigenvalue weighted by Crippen LogP contribution is -2.22. The summed E-state index contributed by atoms with van der Waals surface area (Å²) in [5, 5.41) is 4.02. The first kappa shape index (κ1) is 19.4. The number of aromatic nitrogens is 1. The van der Waals surface area contributed by atoms with Crippen molar-refractivity contribution in [1.82, 2.24) is 9.88 Å². The van der Waals surface area contributed by atoms with Gasteiger partial charge in [0.2, 0.25) is 5.90 Å².